The maximum Gasteiger partial charge on any atom is 0.0708 e. The lowest BCUT2D eigenvalue weighted by Crippen LogP contribution is -2.36. The Hall–Kier alpha value is -0.240. The van der Waals surface area contributed by atoms with Crippen LogP contribution < -0.4 is 0 Å². The van der Waals surface area contributed by atoms with Gasteiger partial charge in [0.05, 0.1) is 5.60 Å². The van der Waals surface area contributed by atoms with Gasteiger partial charge in [-0.3, -0.25) is 0 Å². The molecule has 0 saturated heterocycles. The molecule has 0 amide bonds. The van der Waals surface area contributed by atoms with Crippen LogP contribution in [0, 0.1) is 5.92 Å². The quantitative estimate of drug-likeness (QED) is 0.855. The van der Waals surface area contributed by atoms with Crippen LogP contribution in [-0.2, 0) is 6.42 Å². The van der Waals surface area contributed by atoms with E-state index in [-0.39, 0.29) is 5.92 Å². The zero-order valence-electron chi connectivity index (χ0n) is 9.93. The van der Waals surface area contributed by atoms with Gasteiger partial charge >= 0.3 is 0 Å². The van der Waals surface area contributed by atoms with Crippen molar-refractivity contribution in [3.63, 3.8) is 0 Å². The van der Waals surface area contributed by atoms with Gasteiger partial charge in [-0.25, -0.2) is 0 Å². The Balaban J connectivity index is 2.95. The first-order valence-corrected chi connectivity index (χ1v) is 6.31. The second kappa shape index (κ2) is 5.39. The number of aliphatic hydroxyl groups is 1. The fourth-order valence-corrected chi connectivity index (χ4v) is 2.21. The lowest BCUT2D eigenvalue weighted by atomic mass is 9.82. The molecule has 0 aliphatic heterocycles. The van der Waals surface area contributed by atoms with Crippen molar-refractivity contribution in [2.75, 3.05) is 0 Å². The van der Waals surface area contributed by atoms with Crippen molar-refractivity contribution in [2.24, 2.45) is 5.92 Å². The maximum atomic E-state index is 10.5. The SMILES string of the molecule is CCC(O)(Cc1ccc(Cl)cc1Cl)C(C)C. The fraction of sp³-hybridized carbons (Fsp3) is 0.538. The van der Waals surface area contributed by atoms with Gasteiger partial charge < -0.3 is 5.11 Å². The highest BCUT2D eigenvalue weighted by Crippen LogP contribution is 2.30. The monoisotopic (exact) mass is 260 g/mol. The van der Waals surface area contributed by atoms with Gasteiger partial charge in [-0.05, 0) is 30.0 Å². The average molecular weight is 261 g/mol. The van der Waals surface area contributed by atoms with E-state index in [1.807, 2.05) is 26.8 Å². The minimum atomic E-state index is -0.697. The van der Waals surface area contributed by atoms with E-state index in [1.165, 1.54) is 0 Å². The predicted octanol–water partition coefficient (Wildman–Crippen LogP) is 4.33. The fourth-order valence-electron chi connectivity index (χ4n) is 1.73. The Morgan fingerprint density at radius 1 is 1.31 bits per heavy atom. The first-order valence-electron chi connectivity index (χ1n) is 5.55. The van der Waals surface area contributed by atoms with E-state index in [0.29, 0.717) is 22.9 Å². The standard InChI is InChI=1S/C13H18Cl2O/c1-4-13(16,9(2)3)8-10-5-6-11(14)7-12(10)15/h5-7,9,16H,4,8H2,1-3H3. The summed E-state index contributed by atoms with van der Waals surface area (Å²) in [6, 6.07) is 5.40. The van der Waals surface area contributed by atoms with Crippen LogP contribution in [0.25, 0.3) is 0 Å². The molecule has 3 heteroatoms. The molecule has 0 heterocycles. The Bertz CT molecular complexity index is 363. The topological polar surface area (TPSA) is 20.2 Å². The maximum absolute atomic E-state index is 10.5. The molecule has 0 aromatic heterocycles. The molecular formula is C13H18Cl2O. The summed E-state index contributed by atoms with van der Waals surface area (Å²) in [6.45, 7) is 6.03. The minimum absolute atomic E-state index is 0.198. The summed E-state index contributed by atoms with van der Waals surface area (Å²) in [5, 5.41) is 11.7. The Morgan fingerprint density at radius 2 is 1.94 bits per heavy atom. The van der Waals surface area contributed by atoms with Crippen LogP contribution in [0.3, 0.4) is 0 Å². The van der Waals surface area contributed by atoms with Crippen LogP contribution in [0.1, 0.15) is 32.8 Å². The van der Waals surface area contributed by atoms with Gasteiger partial charge in [-0.15, -0.1) is 0 Å². The van der Waals surface area contributed by atoms with Crippen molar-refractivity contribution in [2.45, 2.75) is 39.2 Å². The molecule has 0 bridgehead atoms. The molecule has 0 saturated carbocycles. The molecule has 0 aliphatic rings. The average Bonchev–Trinajstić information content (AvgIpc) is 2.22. The summed E-state index contributed by atoms with van der Waals surface area (Å²) in [5.74, 6) is 0.198. The molecule has 0 radical (unpaired) electrons. The largest absolute Gasteiger partial charge is 0.389 e. The van der Waals surface area contributed by atoms with Crippen molar-refractivity contribution >= 4 is 23.2 Å². The highest BCUT2D eigenvalue weighted by Gasteiger charge is 2.29. The summed E-state index contributed by atoms with van der Waals surface area (Å²) in [7, 11) is 0. The van der Waals surface area contributed by atoms with E-state index in [1.54, 1.807) is 12.1 Å². The zero-order valence-corrected chi connectivity index (χ0v) is 11.4. The van der Waals surface area contributed by atoms with Crippen LogP contribution in [0.2, 0.25) is 10.0 Å². The molecular weight excluding hydrogens is 243 g/mol. The van der Waals surface area contributed by atoms with Crippen LogP contribution >= 0.6 is 23.2 Å². The second-order valence-corrected chi connectivity index (χ2v) is 5.37. The van der Waals surface area contributed by atoms with Crippen molar-refractivity contribution < 1.29 is 5.11 Å². The van der Waals surface area contributed by atoms with Gasteiger partial charge in [0.2, 0.25) is 0 Å². The molecule has 1 rings (SSSR count). The first kappa shape index (κ1) is 13.8. The summed E-state index contributed by atoms with van der Waals surface area (Å²) >= 11 is 11.9. The summed E-state index contributed by atoms with van der Waals surface area (Å²) in [6.07, 6.45) is 1.28. The molecule has 1 N–H and O–H groups in total. The van der Waals surface area contributed by atoms with E-state index >= 15 is 0 Å². The van der Waals surface area contributed by atoms with Gasteiger partial charge in [-0.2, -0.15) is 0 Å². The smallest absolute Gasteiger partial charge is 0.0708 e. The number of benzene rings is 1. The third kappa shape index (κ3) is 3.13. The highest BCUT2D eigenvalue weighted by atomic mass is 35.5. The van der Waals surface area contributed by atoms with Crippen molar-refractivity contribution in [3.05, 3.63) is 33.8 Å². The molecule has 1 nitrogen and oxygen atoms in total. The first-order chi connectivity index (χ1) is 7.39. The third-order valence-electron chi connectivity index (χ3n) is 3.20. The Kier molecular flexibility index (Phi) is 4.66. The molecule has 1 aromatic carbocycles. The van der Waals surface area contributed by atoms with Crippen molar-refractivity contribution in [1.29, 1.82) is 0 Å². The lowest BCUT2D eigenvalue weighted by molar-refractivity contribution is -0.00827. The number of hydrogen-bond donors (Lipinski definition) is 1. The zero-order chi connectivity index (χ0) is 12.3. The van der Waals surface area contributed by atoms with E-state index in [2.05, 4.69) is 0 Å². The van der Waals surface area contributed by atoms with Gasteiger partial charge in [-0.1, -0.05) is 50.0 Å². The number of hydrogen-bond acceptors (Lipinski definition) is 1. The van der Waals surface area contributed by atoms with E-state index in [9.17, 15) is 5.11 Å². The van der Waals surface area contributed by atoms with Crippen LogP contribution in [-0.4, -0.2) is 10.7 Å². The Labute approximate surface area is 107 Å². The molecule has 0 fully saturated rings. The summed E-state index contributed by atoms with van der Waals surface area (Å²) < 4.78 is 0. The molecule has 0 spiro atoms. The minimum Gasteiger partial charge on any atom is -0.389 e. The van der Waals surface area contributed by atoms with E-state index in [4.69, 9.17) is 23.2 Å². The third-order valence-corrected chi connectivity index (χ3v) is 3.79. The second-order valence-electron chi connectivity index (χ2n) is 4.52. The molecule has 16 heavy (non-hydrogen) atoms. The predicted molar refractivity (Wildman–Crippen MR) is 70.2 cm³/mol. The molecule has 1 unspecified atom stereocenters. The van der Waals surface area contributed by atoms with Crippen LogP contribution in [0.4, 0.5) is 0 Å². The van der Waals surface area contributed by atoms with Gasteiger partial charge in [0.15, 0.2) is 0 Å². The van der Waals surface area contributed by atoms with E-state index < -0.39 is 5.60 Å². The van der Waals surface area contributed by atoms with Crippen molar-refractivity contribution in [1.82, 2.24) is 0 Å². The summed E-state index contributed by atoms with van der Waals surface area (Å²) in [5.41, 5.74) is 0.251. The van der Waals surface area contributed by atoms with Crippen molar-refractivity contribution in [3.8, 4) is 0 Å². The van der Waals surface area contributed by atoms with Crippen LogP contribution in [0.15, 0.2) is 18.2 Å². The molecule has 1 atom stereocenters. The number of halogens is 2. The molecule has 90 valence electrons. The lowest BCUT2D eigenvalue weighted by Gasteiger charge is -2.31. The van der Waals surface area contributed by atoms with Gasteiger partial charge in [0.1, 0.15) is 0 Å². The molecule has 0 aliphatic carbocycles. The highest BCUT2D eigenvalue weighted by molar-refractivity contribution is 6.35. The summed E-state index contributed by atoms with van der Waals surface area (Å²) in [4.78, 5) is 0. The van der Waals surface area contributed by atoms with Gasteiger partial charge in [0.25, 0.3) is 0 Å². The molecule has 1 aromatic rings. The normalized spacial score (nSPS) is 15.2. The Morgan fingerprint density at radius 3 is 2.38 bits per heavy atom. The van der Waals surface area contributed by atoms with Crippen LogP contribution in [0.5, 0.6) is 0 Å². The number of rotatable bonds is 4. The van der Waals surface area contributed by atoms with Gasteiger partial charge in [0, 0.05) is 16.5 Å². The van der Waals surface area contributed by atoms with E-state index in [0.717, 1.165) is 5.56 Å².